The number of nitrogens with zero attached hydrogens (tertiary/aromatic N) is 1. The molecule has 0 amide bonds. The predicted molar refractivity (Wildman–Crippen MR) is 53.1 cm³/mol. The summed E-state index contributed by atoms with van der Waals surface area (Å²) in [5, 5.41) is 6.46. The molecule has 2 aromatic rings. The van der Waals surface area contributed by atoms with Gasteiger partial charge in [-0.15, -0.1) is 0 Å². The van der Waals surface area contributed by atoms with Crippen LogP contribution in [0.25, 0.3) is 11.1 Å². The van der Waals surface area contributed by atoms with Crippen LogP contribution in [0.5, 0.6) is 0 Å². The number of benzene rings is 1. The van der Waals surface area contributed by atoms with Gasteiger partial charge in [-0.2, -0.15) is 5.10 Å². The lowest BCUT2D eigenvalue weighted by molar-refractivity contribution is 0.627. The molecular weight excluding hydrogens is 181 g/mol. The first-order valence-corrected chi connectivity index (χ1v) is 4.24. The largest absolute Gasteiger partial charge is 0.384 e. The molecule has 0 aliphatic carbocycles. The van der Waals surface area contributed by atoms with Crippen LogP contribution >= 0.6 is 0 Å². The fourth-order valence-corrected chi connectivity index (χ4v) is 1.44. The molecule has 0 unspecified atom stereocenters. The highest BCUT2D eigenvalue weighted by Crippen LogP contribution is 2.26. The molecule has 1 aromatic carbocycles. The average molecular weight is 191 g/mol. The average Bonchev–Trinajstić information content (AvgIpc) is 2.52. The van der Waals surface area contributed by atoms with E-state index >= 15 is 0 Å². The molecule has 1 heterocycles. The highest BCUT2D eigenvalue weighted by molar-refractivity contribution is 5.75. The Morgan fingerprint density at radius 3 is 2.71 bits per heavy atom. The zero-order valence-electron chi connectivity index (χ0n) is 7.71. The Bertz CT molecular complexity index is 462. The van der Waals surface area contributed by atoms with Crippen LogP contribution in [0.15, 0.2) is 24.4 Å². The summed E-state index contributed by atoms with van der Waals surface area (Å²) in [6, 6.07) is 4.59. The monoisotopic (exact) mass is 191 g/mol. The fourth-order valence-electron chi connectivity index (χ4n) is 1.44. The lowest BCUT2D eigenvalue weighted by Crippen LogP contribution is -1.90. The van der Waals surface area contributed by atoms with E-state index in [9.17, 15) is 4.39 Å². The number of aromatic nitrogens is 2. The van der Waals surface area contributed by atoms with Gasteiger partial charge in [0.25, 0.3) is 0 Å². The quantitative estimate of drug-likeness (QED) is 0.725. The third-order valence-electron chi connectivity index (χ3n) is 2.15. The Hall–Kier alpha value is -1.84. The van der Waals surface area contributed by atoms with Gasteiger partial charge in [0.15, 0.2) is 0 Å². The van der Waals surface area contributed by atoms with Gasteiger partial charge in [0.1, 0.15) is 11.6 Å². The second-order valence-electron chi connectivity index (χ2n) is 3.16. The van der Waals surface area contributed by atoms with Crippen LogP contribution in [0, 0.1) is 12.7 Å². The minimum Gasteiger partial charge on any atom is -0.384 e. The number of hydrogen-bond donors (Lipinski definition) is 2. The second kappa shape index (κ2) is 3.14. The normalized spacial score (nSPS) is 10.4. The Balaban J connectivity index is 2.58. The summed E-state index contributed by atoms with van der Waals surface area (Å²) in [7, 11) is 0. The van der Waals surface area contributed by atoms with Crippen molar-refractivity contribution in [2.24, 2.45) is 0 Å². The maximum absolute atomic E-state index is 12.8. The SMILES string of the molecule is Cc1cc(F)ccc1-c1cn[nH]c1N. The van der Waals surface area contributed by atoms with Crippen molar-refractivity contribution < 1.29 is 4.39 Å². The van der Waals surface area contributed by atoms with Crippen molar-refractivity contribution in [2.45, 2.75) is 6.92 Å². The Morgan fingerprint density at radius 2 is 2.14 bits per heavy atom. The second-order valence-corrected chi connectivity index (χ2v) is 3.16. The molecule has 0 radical (unpaired) electrons. The molecule has 3 nitrogen and oxygen atoms in total. The first-order valence-electron chi connectivity index (χ1n) is 4.24. The molecule has 0 saturated heterocycles. The molecule has 1 aromatic heterocycles. The number of nitrogen functional groups attached to an aromatic ring is 1. The number of aryl methyl sites for hydroxylation is 1. The Kier molecular flexibility index (Phi) is 1.96. The number of H-pyrrole nitrogens is 1. The molecule has 14 heavy (non-hydrogen) atoms. The topological polar surface area (TPSA) is 54.7 Å². The first kappa shape index (κ1) is 8.74. The van der Waals surface area contributed by atoms with Gasteiger partial charge in [-0.05, 0) is 30.2 Å². The van der Waals surface area contributed by atoms with E-state index in [1.54, 1.807) is 12.3 Å². The summed E-state index contributed by atoms with van der Waals surface area (Å²) < 4.78 is 12.8. The maximum Gasteiger partial charge on any atom is 0.126 e. The molecule has 2 rings (SSSR count). The number of rotatable bonds is 1. The molecule has 0 fully saturated rings. The predicted octanol–water partition coefficient (Wildman–Crippen LogP) is 2.11. The first-order chi connectivity index (χ1) is 6.68. The minimum absolute atomic E-state index is 0.242. The highest BCUT2D eigenvalue weighted by Gasteiger charge is 2.07. The zero-order valence-corrected chi connectivity index (χ0v) is 7.71. The Morgan fingerprint density at radius 1 is 1.36 bits per heavy atom. The van der Waals surface area contributed by atoms with E-state index in [2.05, 4.69) is 10.2 Å². The fraction of sp³-hybridized carbons (Fsp3) is 0.100. The molecule has 0 aliphatic heterocycles. The van der Waals surface area contributed by atoms with E-state index in [1.165, 1.54) is 12.1 Å². The summed E-state index contributed by atoms with van der Waals surface area (Å²) >= 11 is 0. The molecule has 0 saturated carbocycles. The van der Waals surface area contributed by atoms with Crippen LogP contribution in [0.3, 0.4) is 0 Å². The molecule has 0 spiro atoms. The van der Waals surface area contributed by atoms with E-state index in [1.807, 2.05) is 6.92 Å². The lowest BCUT2D eigenvalue weighted by Gasteiger charge is -2.03. The van der Waals surface area contributed by atoms with Crippen molar-refractivity contribution in [3.8, 4) is 11.1 Å². The maximum atomic E-state index is 12.8. The van der Waals surface area contributed by atoms with E-state index in [0.717, 1.165) is 16.7 Å². The van der Waals surface area contributed by atoms with Gasteiger partial charge in [0, 0.05) is 5.56 Å². The van der Waals surface area contributed by atoms with E-state index in [4.69, 9.17) is 5.73 Å². The van der Waals surface area contributed by atoms with Gasteiger partial charge in [-0.1, -0.05) is 6.07 Å². The molecular formula is C10H10FN3. The summed E-state index contributed by atoms with van der Waals surface area (Å²) in [5.41, 5.74) is 8.22. The van der Waals surface area contributed by atoms with E-state index in [-0.39, 0.29) is 5.82 Å². The number of halogens is 1. The van der Waals surface area contributed by atoms with Gasteiger partial charge in [0.2, 0.25) is 0 Å². The Labute approximate surface area is 80.8 Å². The molecule has 0 atom stereocenters. The van der Waals surface area contributed by atoms with Gasteiger partial charge < -0.3 is 5.73 Å². The number of nitrogens with two attached hydrogens (primary N) is 1. The van der Waals surface area contributed by atoms with Gasteiger partial charge in [-0.3, -0.25) is 5.10 Å². The number of nitrogens with one attached hydrogen (secondary N) is 1. The van der Waals surface area contributed by atoms with Crippen molar-refractivity contribution in [3.05, 3.63) is 35.8 Å². The van der Waals surface area contributed by atoms with Gasteiger partial charge in [-0.25, -0.2) is 4.39 Å². The van der Waals surface area contributed by atoms with Crippen molar-refractivity contribution in [2.75, 3.05) is 5.73 Å². The summed E-state index contributed by atoms with van der Waals surface area (Å²) in [4.78, 5) is 0. The van der Waals surface area contributed by atoms with Crippen molar-refractivity contribution in [1.29, 1.82) is 0 Å². The van der Waals surface area contributed by atoms with E-state index < -0.39 is 0 Å². The molecule has 72 valence electrons. The van der Waals surface area contributed by atoms with Crippen LogP contribution in [0.2, 0.25) is 0 Å². The standard InChI is InChI=1S/C10H10FN3/c1-6-4-7(11)2-3-8(6)9-5-13-14-10(9)12/h2-5H,1H3,(H3,12,13,14). The summed E-state index contributed by atoms with van der Waals surface area (Å²) in [6.07, 6.45) is 1.63. The summed E-state index contributed by atoms with van der Waals surface area (Å²) in [5.74, 6) is 0.257. The minimum atomic E-state index is -0.242. The van der Waals surface area contributed by atoms with Crippen molar-refractivity contribution in [3.63, 3.8) is 0 Å². The summed E-state index contributed by atoms with van der Waals surface area (Å²) in [6.45, 7) is 1.84. The van der Waals surface area contributed by atoms with Crippen LogP contribution in [-0.2, 0) is 0 Å². The zero-order chi connectivity index (χ0) is 10.1. The third kappa shape index (κ3) is 1.35. The molecule has 0 bridgehead atoms. The van der Waals surface area contributed by atoms with Crippen LogP contribution in [0.1, 0.15) is 5.56 Å². The van der Waals surface area contributed by atoms with Crippen molar-refractivity contribution in [1.82, 2.24) is 10.2 Å². The molecule has 4 heteroatoms. The number of hydrogen-bond acceptors (Lipinski definition) is 2. The lowest BCUT2D eigenvalue weighted by atomic mass is 10.0. The van der Waals surface area contributed by atoms with Gasteiger partial charge >= 0.3 is 0 Å². The van der Waals surface area contributed by atoms with Gasteiger partial charge in [0.05, 0.1) is 6.20 Å². The number of anilines is 1. The molecule has 0 aliphatic rings. The van der Waals surface area contributed by atoms with Crippen LogP contribution < -0.4 is 5.73 Å². The number of aromatic amines is 1. The third-order valence-corrected chi connectivity index (χ3v) is 2.15. The highest BCUT2D eigenvalue weighted by atomic mass is 19.1. The smallest absolute Gasteiger partial charge is 0.126 e. The van der Waals surface area contributed by atoms with Crippen LogP contribution in [-0.4, -0.2) is 10.2 Å². The van der Waals surface area contributed by atoms with Crippen molar-refractivity contribution >= 4 is 5.82 Å². The molecule has 3 N–H and O–H groups in total. The van der Waals surface area contributed by atoms with E-state index in [0.29, 0.717) is 5.82 Å². The van der Waals surface area contributed by atoms with Crippen LogP contribution in [0.4, 0.5) is 10.2 Å².